The second-order valence-corrected chi connectivity index (χ2v) is 31.4. The summed E-state index contributed by atoms with van der Waals surface area (Å²) in [5, 5.41) is 10.6. The fourth-order valence-electron chi connectivity index (χ4n) is 11.8. The molecule has 19 heteroatoms. The molecule has 0 amide bonds. The molecule has 0 saturated heterocycles. The quantitative estimate of drug-likeness (QED) is 0.0222. The maximum atomic E-state index is 13.1. The summed E-state index contributed by atoms with van der Waals surface area (Å²) in [6.07, 6.45) is 56.9. The minimum atomic E-state index is -4.96. The van der Waals surface area contributed by atoms with Crippen molar-refractivity contribution in [3.8, 4) is 0 Å². The van der Waals surface area contributed by atoms with Crippen LogP contribution in [0.25, 0.3) is 0 Å². The molecule has 0 aromatic carbocycles. The molecule has 0 aromatic heterocycles. The highest BCUT2D eigenvalue weighted by atomic mass is 31.2. The van der Waals surface area contributed by atoms with Gasteiger partial charge in [-0.25, -0.2) is 9.13 Å². The molecular formula is C77H150O17P2. The second-order valence-electron chi connectivity index (χ2n) is 28.5. The number of aliphatic hydroxyl groups excluding tert-OH is 1. The Labute approximate surface area is 588 Å². The molecular weight excluding hydrogens is 1260 g/mol. The number of aliphatic hydroxyl groups is 1. The predicted molar refractivity (Wildman–Crippen MR) is 391 cm³/mol. The molecule has 6 atom stereocenters. The molecule has 0 rings (SSSR count). The van der Waals surface area contributed by atoms with Gasteiger partial charge in [-0.3, -0.25) is 37.3 Å². The van der Waals surface area contributed by atoms with Gasteiger partial charge in [0.25, 0.3) is 0 Å². The lowest BCUT2D eigenvalue weighted by molar-refractivity contribution is -0.161. The molecule has 0 bridgehead atoms. The van der Waals surface area contributed by atoms with E-state index in [1.165, 1.54) is 205 Å². The molecule has 0 heterocycles. The van der Waals surface area contributed by atoms with Crippen LogP contribution in [-0.4, -0.2) is 96.7 Å². The summed E-state index contributed by atoms with van der Waals surface area (Å²) < 4.78 is 68.5. The van der Waals surface area contributed by atoms with E-state index in [2.05, 4.69) is 41.5 Å². The van der Waals surface area contributed by atoms with Crippen molar-refractivity contribution < 1.29 is 80.2 Å². The van der Waals surface area contributed by atoms with Crippen LogP contribution in [0.1, 0.15) is 401 Å². The van der Waals surface area contributed by atoms with Gasteiger partial charge in [-0.2, -0.15) is 0 Å². The average molecular weight is 1410 g/mol. The van der Waals surface area contributed by atoms with Gasteiger partial charge in [0.15, 0.2) is 12.2 Å². The van der Waals surface area contributed by atoms with E-state index in [4.69, 9.17) is 37.0 Å². The lowest BCUT2D eigenvalue weighted by Crippen LogP contribution is -2.30. The SMILES string of the molecule is CCCCCCCCCCCCCCCCCCCC(=O)OC[C@H](COP(=O)(O)OC[C@@H](O)COP(=O)(O)OC[C@@H](COC(=O)CCCCCCCCC)OC(=O)CCCCCCCCCCCCCC(C)C)OC(=O)CCCCCCCCCCCCCCCCC(C)CC. The Bertz CT molecular complexity index is 1860. The molecule has 570 valence electrons. The lowest BCUT2D eigenvalue weighted by atomic mass is 9.99. The fraction of sp³-hybridized carbons (Fsp3) is 0.948. The number of hydrogen-bond acceptors (Lipinski definition) is 15. The van der Waals surface area contributed by atoms with Crippen LogP contribution >= 0.6 is 15.6 Å². The molecule has 0 saturated carbocycles. The molecule has 0 aliphatic rings. The highest BCUT2D eigenvalue weighted by Crippen LogP contribution is 2.45. The number of carbonyl (C=O) groups excluding carboxylic acids is 4. The van der Waals surface area contributed by atoms with Crippen molar-refractivity contribution >= 4 is 39.5 Å². The standard InChI is InChI=1S/C77H150O17P2/c1-7-10-12-14-16-17-18-19-20-21-22-26-31-36-42-48-54-60-75(80)88-66-73(94-76(81)61-55-49-43-37-32-27-24-23-25-30-35-41-46-52-58-70(6)9-3)68-92-96(85,86)90-64-71(78)63-89-95(83,84)91-67-72(65-87-74(79)59-53-47-39-15-13-11-8-2)93-77(82)62-56-50-44-38-33-28-29-34-40-45-51-57-69(4)5/h69-73,78H,7-68H2,1-6H3,(H,83,84)(H,85,86)/t70?,71-,72+,73+/m0/s1. The number of ether oxygens (including phenoxy) is 4. The van der Waals surface area contributed by atoms with E-state index in [0.717, 1.165) is 115 Å². The number of carbonyl (C=O) groups is 4. The van der Waals surface area contributed by atoms with E-state index in [1.54, 1.807) is 0 Å². The van der Waals surface area contributed by atoms with Crippen LogP contribution < -0.4 is 0 Å². The molecule has 0 spiro atoms. The minimum absolute atomic E-state index is 0.106. The highest BCUT2D eigenvalue weighted by Gasteiger charge is 2.30. The average Bonchev–Trinajstić information content (AvgIpc) is 1.15. The molecule has 3 unspecified atom stereocenters. The Balaban J connectivity index is 5.20. The number of unbranched alkanes of at least 4 members (excludes halogenated alkanes) is 45. The smallest absolute Gasteiger partial charge is 0.462 e. The monoisotopic (exact) mass is 1410 g/mol. The van der Waals surface area contributed by atoms with Gasteiger partial charge in [-0.15, -0.1) is 0 Å². The molecule has 0 fully saturated rings. The van der Waals surface area contributed by atoms with Crippen molar-refractivity contribution in [1.82, 2.24) is 0 Å². The maximum absolute atomic E-state index is 13.1. The van der Waals surface area contributed by atoms with Gasteiger partial charge in [0, 0.05) is 25.7 Å². The maximum Gasteiger partial charge on any atom is 0.472 e. The van der Waals surface area contributed by atoms with Crippen molar-refractivity contribution in [2.24, 2.45) is 11.8 Å². The van der Waals surface area contributed by atoms with E-state index >= 15 is 0 Å². The van der Waals surface area contributed by atoms with Gasteiger partial charge in [0.05, 0.1) is 26.4 Å². The van der Waals surface area contributed by atoms with E-state index in [9.17, 15) is 43.2 Å². The number of esters is 4. The Morgan fingerprint density at radius 1 is 0.302 bits per heavy atom. The number of rotatable bonds is 76. The van der Waals surface area contributed by atoms with E-state index in [-0.39, 0.29) is 25.7 Å². The van der Waals surface area contributed by atoms with Crippen LogP contribution in [-0.2, 0) is 65.4 Å². The Kier molecular flexibility index (Phi) is 67.4. The fourth-order valence-corrected chi connectivity index (χ4v) is 13.4. The van der Waals surface area contributed by atoms with Crippen LogP contribution in [0.15, 0.2) is 0 Å². The summed E-state index contributed by atoms with van der Waals surface area (Å²) in [6.45, 7) is 9.62. The highest BCUT2D eigenvalue weighted by molar-refractivity contribution is 7.47. The normalized spacial score (nSPS) is 14.3. The molecule has 0 aliphatic heterocycles. The zero-order valence-electron chi connectivity index (χ0n) is 62.7. The summed E-state index contributed by atoms with van der Waals surface area (Å²) >= 11 is 0. The Morgan fingerprint density at radius 2 is 0.531 bits per heavy atom. The van der Waals surface area contributed by atoms with Crippen LogP contribution in [0.5, 0.6) is 0 Å². The van der Waals surface area contributed by atoms with E-state index < -0.39 is 97.5 Å². The Hall–Kier alpha value is -1.94. The first kappa shape index (κ1) is 94.1. The zero-order chi connectivity index (χ0) is 70.7. The molecule has 0 aromatic rings. The van der Waals surface area contributed by atoms with Gasteiger partial charge in [0.2, 0.25) is 0 Å². The third kappa shape index (κ3) is 69.2. The van der Waals surface area contributed by atoms with Crippen molar-refractivity contribution in [2.75, 3.05) is 39.6 Å². The summed E-state index contributed by atoms with van der Waals surface area (Å²) in [7, 11) is -9.91. The molecule has 17 nitrogen and oxygen atoms in total. The first-order valence-corrected chi connectivity index (χ1v) is 43.0. The first-order valence-electron chi connectivity index (χ1n) is 40.0. The van der Waals surface area contributed by atoms with Gasteiger partial charge in [-0.1, -0.05) is 350 Å². The van der Waals surface area contributed by atoms with Crippen LogP contribution in [0.4, 0.5) is 0 Å². The number of hydrogen-bond donors (Lipinski definition) is 3. The molecule has 0 radical (unpaired) electrons. The van der Waals surface area contributed by atoms with Crippen LogP contribution in [0, 0.1) is 11.8 Å². The molecule has 0 aliphatic carbocycles. The van der Waals surface area contributed by atoms with Gasteiger partial charge in [-0.05, 0) is 37.5 Å². The van der Waals surface area contributed by atoms with Gasteiger partial charge < -0.3 is 33.8 Å². The van der Waals surface area contributed by atoms with Crippen molar-refractivity contribution in [3.05, 3.63) is 0 Å². The first-order chi connectivity index (χ1) is 46.4. The van der Waals surface area contributed by atoms with Crippen molar-refractivity contribution in [1.29, 1.82) is 0 Å². The third-order valence-electron chi connectivity index (χ3n) is 18.3. The number of phosphoric ester groups is 2. The molecule has 96 heavy (non-hydrogen) atoms. The lowest BCUT2D eigenvalue weighted by Gasteiger charge is -2.21. The van der Waals surface area contributed by atoms with Crippen molar-refractivity contribution in [3.63, 3.8) is 0 Å². The third-order valence-corrected chi connectivity index (χ3v) is 20.2. The van der Waals surface area contributed by atoms with Crippen molar-refractivity contribution in [2.45, 2.75) is 419 Å². The Morgan fingerprint density at radius 3 is 0.792 bits per heavy atom. The predicted octanol–water partition coefficient (Wildman–Crippen LogP) is 22.7. The summed E-state index contributed by atoms with van der Waals surface area (Å²) in [5.41, 5.74) is 0. The largest absolute Gasteiger partial charge is 0.472 e. The summed E-state index contributed by atoms with van der Waals surface area (Å²) in [4.78, 5) is 72.7. The summed E-state index contributed by atoms with van der Waals surface area (Å²) in [5.74, 6) is -0.506. The van der Waals surface area contributed by atoms with Crippen LogP contribution in [0.3, 0.4) is 0 Å². The zero-order valence-corrected chi connectivity index (χ0v) is 64.5. The summed E-state index contributed by atoms with van der Waals surface area (Å²) in [6, 6.07) is 0. The molecule has 3 N–H and O–H groups in total. The van der Waals surface area contributed by atoms with E-state index in [1.807, 2.05) is 0 Å². The van der Waals surface area contributed by atoms with Gasteiger partial charge in [0.1, 0.15) is 19.3 Å². The van der Waals surface area contributed by atoms with Gasteiger partial charge >= 0.3 is 39.5 Å². The number of phosphoric acid groups is 2. The minimum Gasteiger partial charge on any atom is -0.462 e. The van der Waals surface area contributed by atoms with Crippen LogP contribution in [0.2, 0.25) is 0 Å². The second kappa shape index (κ2) is 68.8. The van der Waals surface area contributed by atoms with E-state index in [0.29, 0.717) is 25.7 Å². The topological polar surface area (TPSA) is 237 Å².